The van der Waals surface area contributed by atoms with Gasteiger partial charge in [0.2, 0.25) is 0 Å². The van der Waals surface area contributed by atoms with Crippen molar-refractivity contribution in [2.75, 3.05) is 0 Å². The standard InChI is InChI=1S/C13H14O6/c1-13(2,3)19-12(18)8-6-4-5-7(10(14)15)9(8)11(16)17/h4-6H,1-3H3,(H,14,15)(H,16,17). The second-order valence-electron chi connectivity index (χ2n) is 4.84. The van der Waals surface area contributed by atoms with Gasteiger partial charge in [-0.15, -0.1) is 0 Å². The lowest BCUT2D eigenvalue weighted by Crippen LogP contribution is -2.26. The minimum Gasteiger partial charge on any atom is -0.478 e. The van der Waals surface area contributed by atoms with E-state index in [1.807, 2.05) is 0 Å². The molecule has 0 aliphatic carbocycles. The van der Waals surface area contributed by atoms with E-state index in [2.05, 4.69) is 0 Å². The molecule has 1 aromatic rings. The predicted molar refractivity (Wildman–Crippen MR) is 65.5 cm³/mol. The minimum absolute atomic E-state index is 0.276. The summed E-state index contributed by atoms with van der Waals surface area (Å²) in [5, 5.41) is 18.0. The van der Waals surface area contributed by atoms with E-state index in [0.717, 1.165) is 6.07 Å². The molecule has 1 rings (SSSR count). The van der Waals surface area contributed by atoms with Crippen molar-refractivity contribution in [3.05, 3.63) is 34.9 Å². The fourth-order valence-electron chi connectivity index (χ4n) is 1.46. The average Bonchev–Trinajstić information content (AvgIpc) is 2.25. The van der Waals surface area contributed by atoms with E-state index in [1.165, 1.54) is 12.1 Å². The fraction of sp³-hybridized carbons (Fsp3) is 0.308. The largest absolute Gasteiger partial charge is 0.478 e. The molecule has 0 aliphatic rings. The van der Waals surface area contributed by atoms with Crippen LogP contribution in [-0.2, 0) is 4.74 Å². The lowest BCUT2D eigenvalue weighted by molar-refractivity contribution is 0.00658. The van der Waals surface area contributed by atoms with E-state index >= 15 is 0 Å². The molecular formula is C13H14O6. The number of benzene rings is 1. The zero-order valence-electron chi connectivity index (χ0n) is 10.8. The van der Waals surface area contributed by atoms with Crippen LogP contribution in [0, 0.1) is 0 Å². The second-order valence-corrected chi connectivity index (χ2v) is 4.84. The van der Waals surface area contributed by atoms with Crippen molar-refractivity contribution in [2.24, 2.45) is 0 Å². The molecule has 0 heterocycles. The van der Waals surface area contributed by atoms with E-state index in [-0.39, 0.29) is 5.56 Å². The molecule has 6 nitrogen and oxygen atoms in total. The third-order valence-corrected chi connectivity index (χ3v) is 2.13. The van der Waals surface area contributed by atoms with Gasteiger partial charge in [0, 0.05) is 0 Å². The molecule has 0 unspecified atom stereocenters. The topological polar surface area (TPSA) is 101 Å². The summed E-state index contributed by atoms with van der Waals surface area (Å²) < 4.78 is 5.05. The van der Waals surface area contributed by atoms with Crippen LogP contribution in [0.2, 0.25) is 0 Å². The number of aromatic carboxylic acids is 2. The van der Waals surface area contributed by atoms with Crippen molar-refractivity contribution in [1.82, 2.24) is 0 Å². The summed E-state index contributed by atoms with van der Waals surface area (Å²) in [4.78, 5) is 34.0. The third kappa shape index (κ3) is 3.54. The summed E-state index contributed by atoms with van der Waals surface area (Å²) in [5.74, 6) is -3.77. The van der Waals surface area contributed by atoms with Crippen LogP contribution >= 0.6 is 0 Å². The number of carboxylic acids is 2. The molecule has 6 heteroatoms. The molecule has 19 heavy (non-hydrogen) atoms. The number of carboxylic acid groups (broad SMARTS) is 2. The molecule has 0 aromatic heterocycles. The number of carbonyl (C=O) groups excluding carboxylic acids is 1. The number of ether oxygens (including phenoxy) is 1. The second kappa shape index (κ2) is 5.09. The summed E-state index contributed by atoms with van der Waals surface area (Å²) in [6.07, 6.45) is 0. The lowest BCUT2D eigenvalue weighted by Gasteiger charge is -2.20. The molecular weight excluding hydrogens is 252 g/mol. The summed E-state index contributed by atoms with van der Waals surface area (Å²) in [7, 11) is 0. The number of rotatable bonds is 3. The maximum absolute atomic E-state index is 11.9. The Morgan fingerprint density at radius 2 is 1.53 bits per heavy atom. The quantitative estimate of drug-likeness (QED) is 0.812. The molecule has 0 spiro atoms. The first-order valence-corrected chi connectivity index (χ1v) is 5.46. The fourth-order valence-corrected chi connectivity index (χ4v) is 1.46. The van der Waals surface area contributed by atoms with Crippen molar-refractivity contribution >= 4 is 17.9 Å². The van der Waals surface area contributed by atoms with Gasteiger partial charge in [0.15, 0.2) is 0 Å². The van der Waals surface area contributed by atoms with Crippen LogP contribution in [-0.4, -0.2) is 33.7 Å². The summed E-state index contributed by atoms with van der Waals surface area (Å²) in [6, 6.07) is 3.65. The zero-order valence-corrected chi connectivity index (χ0v) is 10.8. The molecule has 0 saturated heterocycles. The van der Waals surface area contributed by atoms with Gasteiger partial charge in [0.1, 0.15) is 5.60 Å². The first-order valence-electron chi connectivity index (χ1n) is 5.46. The molecule has 0 saturated carbocycles. The van der Waals surface area contributed by atoms with Crippen LogP contribution < -0.4 is 0 Å². The Bertz CT molecular complexity index is 539. The van der Waals surface area contributed by atoms with Crippen LogP contribution in [0.15, 0.2) is 18.2 Å². The SMILES string of the molecule is CC(C)(C)OC(=O)c1cccc(C(=O)O)c1C(=O)O. The summed E-state index contributed by atoms with van der Waals surface area (Å²) >= 11 is 0. The van der Waals surface area contributed by atoms with Crippen molar-refractivity contribution < 1.29 is 29.3 Å². The van der Waals surface area contributed by atoms with Crippen LogP contribution in [0.5, 0.6) is 0 Å². The molecule has 102 valence electrons. The molecule has 0 amide bonds. The highest BCUT2D eigenvalue weighted by Crippen LogP contribution is 2.19. The summed E-state index contributed by atoms with van der Waals surface area (Å²) in [6.45, 7) is 4.89. The number of hydrogen-bond acceptors (Lipinski definition) is 4. The van der Waals surface area contributed by atoms with E-state index in [1.54, 1.807) is 20.8 Å². The molecule has 0 fully saturated rings. The third-order valence-electron chi connectivity index (χ3n) is 2.13. The van der Waals surface area contributed by atoms with E-state index in [0.29, 0.717) is 0 Å². The van der Waals surface area contributed by atoms with Gasteiger partial charge in [-0.05, 0) is 32.9 Å². The molecule has 0 aliphatic heterocycles. The molecule has 1 aromatic carbocycles. The van der Waals surface area contributed by atoms with Crippen molar-refractivity contribution in [3.8, 4) is 0 Å². The van der Waals surface area contributed by atoms with Gasteiger partial charge in [-0.25, -0.2) is 14.4 Å². The predicted octanol–water partition coefficient (Wildman–Crippen LogP) is 2.04. The number of esters is 1. The van der Waals surface area contributed by atoms with Gasteiger partial charge in [0.25, 0.3) is 0 Å². The molecule has 2 N–H and O–H groups in total. The Morgan fingerprint density at radius 3 is 1.95 bits per heavy atom. The van der Waals surface area contributed by atoms with Crippen LogP contribution in [0.4, 0.5) is 0 Å². The van der Waals surface area contributed by atoms with E-state index in [9.17, 15) is 14.4 Å². The zero-order chi connectivity index (χ0) is 14.8. The van der Waals surface area contributed by atoms with Gasteiger partial charge < -0.3 is 14.9 Å². The normalized spacial score (nSPS) is 10.9. The van der Waals surface area contributed by atoms with Gasteiger partial charge in [-0.2, -0.15) is 0 Å². The number of carbonyl (C=O) groups is 3. The van der Waals surface area contributed by atoms with Crippen LogP contribution in [0.25, 0.3) is 0 Å². The van der Waals surface area contributed by atoms with Crippen LogP contribution in [0.1, 0.15) is 51.8 Å². The average molecular weight is 266 g/mol. The van der Waals surface area contributed by atoms with Crippen molar-refractivity contribution in [2.45, 2.75) is 26.4 Å². The van der Waals surface area contributed by atoms with E-state index in [4.69, 9.17) is 14.9 Å². The van der Waals surface area contributed by atoms with Crippen molar-refractivity contribution in [3.63, 3.8) is 0 Å². The molecule has 0 bridgehead atoms. The van der Waals surface area contributed by atoms with Gasteiger partial charge in [-0.1, -0.05) is 6.07 Å². The maximum atomic E-state index is 11.9. The Morgan fingerprint density at radius 1 is 1.00 bits per heavy atom. The maximum Gasteiger partial charge on any atom is 0.339 e. The lowest BCUT2D eigenvalue weighted by atomic mass is 10.0. The van der Waals surface area contributed by atoms with Crippen LogP contribution in [0.3, 0.4) is 0 Å². The molecule has 0 radical (unpaired) electrons. The minimum atomic E-state index is -1.49. The highest BCUT2D eigenvalue weighted by molar-refractivity contribution is 6.09. The molecule has 0 atom stereocenters. The monoisotopic (exact) mass is 266 g/mol. The number of hydrogen-bond donors (Lipinski definition) is 2. The smallest absolute Gasteiger partial charge is 0.339 e. The first-order chi connectivity index (χ1) is 8.63. The van der Waals surface area contributed by atoms with Gasteiger partial charge in [0.05, 0.1) is 16.7 Å². The Labute approximate surface area is 109 Å². The first kappa shape index (κ1) is 14.7. The highest BCUT2D eigenvalue weighted by Gasteiger charge is 2.26. The van der Waals surface area contributed by atoms with Crippen molar-refractivity contribution in [1.29, 1.82) is 0 Å². The Hall–Kier alpha value is -2.37. The van der Waals surface area contributed by atoms with Gasteiger partial charge in [-0.3, -0.25) is 0 Å². The summed E-state index contributed by atoms with van der Waals surface area (Å²) in [5.41, 5.74) is -2.09. The van der Waals surface area contributed by atoms with E-state index < -0.39 is 34.6 Å². The highest BCUT2D eigenvalue weighted by atomic mass is 16.6. The Balaban J connectivity index is 3.36. The Kier molecular flexibility index (Phi) is 3.94. The van der Waals surface area contributed by atoms with Gasteiger partial charge >= 0.3 is 17.9 Å².